The molecule has 2 atom stereocenters. The van der Waals surface area contributed by atoms with Gasteiger partial charge in [0, 0.05) is 17.3 Å². The van der Waals surface area contributed by atoms with Gasteiger partial charge in [-0.3, -0.25) is 14.4 Å². The second-order valence-corrected chi connectivity index (χ2v) is 6.31. The summed E-state index contributed by atoms with van der Waals surface area (Å²) in [6, 6.07) is 6.97. The van der Waals surface area contributed by atoms with E-state index in [1.807, 2.05) is 6.08 Å². The molecule has 3 rings (SSSR count). The van der Waals surface area contributed by atoms with E-state index in [0.717, 1.165) is 12.8 Å². The zero-order chi connectivity index (χ0) is 17.1. The first-order chi connectivity index (χ1) is 11.5. The van der Waals surface area contributed by atoms with Gasteiger partial charge in [0.25, 0.3) is 5.91 Å². The molecule has 2 aliphatic carbocycles. The highest BCUT2D eigenvalue weighted by Gasteiger charge is 2.34. The molecule has 2 aliphatic rings. The molecule has 0 unspecified atom stereocenters. The van der Waals surface area contributed by atoms with Crippen LogP contribution in [0.1, 0.15) is 36.0 Å². The van der Waals surface area contributed by atoms with E-state index in [9.17, 15) is 19.5 Å². The number of allylic oxidation sites excluding steroid dienone is 2. The van der Waals surface area contributed by atoms with E-state index in [0.29, 0.717) is 24.1 Å². The van der Waals surface area contributed by atoms with Gasteiger partial charge >= 0.3 is 5.97 Å². The van der Waals surface area contributed by atoms with Crippen molar-refractivity contribution in [3.63, 3.8) is 0 Å². The monoisotopic (exact) mass is 328 g/mol. The molecule has 1 fully saturated rings. The Bertz CT molecular complexity index is 694. The van der Waals surface area contributed by atoms with Gasteiger partial charge in [0.05, 0.1) is 11.8 Å². The average molecular weight is 328 g/mol. The number of rotatable bonds is 5. The van der Waals surface area contributed by atoms with Crippen LogP contribution in [-0.2, 0) is 9.59 Å². The summed E-state index contributed by atoms with van der Waals surface area (Å²) in [4.78, 5) is 35.8. The molecule has 6 nitrogen and oxygen atoms in total. The Hall–Kier alpha value is -2.63. The van der Waals surface area contributed by atoms with E-state index in [4.69, 9.17) is 0 Å². The molecule has 24 heavy (non-hydrogen) atoms. The molecule has 0 saturated heterocycles. The molecular formula is C18H20N2O4. The Labute approximate surface area is 139 Å². The van der Waals surface area contributed by atoms with Crippen molar-refractivity contribution in [2.24, 2.45) is 11.8 Å². The lowest BCUT2D eigenvalue weighted by atomic mass is 9.82. The Morgan fingerprint density at radius 3 is 2.42 bits per heavy atom. The maximum Gasteiger partial charge on any atom is 0.307 e. The minimum Gasteiger partial charge on any atom is -0.481 e. The van der Waals surface area contributed by atoms with Crippen molar-refractivity contribution in [2.75, 3.05) is 5.32 Å². The minimum atomic E-state index is -0.961. The van der Waals surface area contributed by atoms with Crippen molar-refractivity contribution < 1.29 is 19.5 Å². The Morgan fingerprint density at radius 1 is 1.04 bits per heavy atom. The number of aliphatic carboxylic acids is 1. The van der Waals surface area contributed by atoms with Gasteiger partial charge < -0.3 is 15.7 Å². The largest absolute Gasteiger partial charge is 0.481 e. The number of carboxylic acid groups (broad SMARTS) is 1. The maximum absolute atomic E-state index is 12.4. The van der Waals surface area contributed by atoms with Crippen molar-refractivity contribution in [1.29, 1.82) is 0 Å². The van der Waals surface area contributed by atoms with Gasteiger partial charge in [0.2, 0.25) is 5.91 Å². The van der Waals surface area contributed by atoms with Crippen molar-refractivity contribution in [3.05, 3.63) is 42.0 Å². The molecule has 1 aromatic carbocycles. The van der Waals surface area contributed by atoms with E-state index < -0.39 is 17.8 Å². The molecule has 0 bridgehead atoms. The summed E-state index contributed by atoms with van der Waals surface area (Å²) in [6.07, 6.45) is 6.42. The molecular weight excluding hydrogens is 308 g/mol. The van der Waals surface area contributed by atoms with Crippen LogP contribution >= 0.6 is 0 Å². The molecule has 2 amide bonds. The summed E-state index contributed by atoms with van der Waals surface area (Å²) in [5.41, 5.74) is 0.986. The first kappa shape index (κ1) is 16.2. The van der Waals surface area contributed by atoms with Crippen LogP contribution in [-0.4, -0.2) is 28.9 Å². The number of hydrogen-bond donors (Lipinski definition) is 3. The zero-order valence-corrected chi connectivity index (χ0v) is 13.2. The first-order valence-electron chi connectivity index (χ1n) is 8.14. The summed E-state index contributed by atoms with van der Waals surface area (Å²) in [5.74, 6) is -2.76. The highest BCUT2D eigenvalue weighted by atomic mass is 16.4. The average Bonchev–Trinajstić information content (AvgIpc) is 3.39. The summed E-state index contributed by atoms with van der Waals surface area (Å²) in [7, 11) is 0. The number of carbonyl (C=O) groups is 3. The fourth-order valence-electron chi connectivity index (χ4n) is 2.85. The third kappa shape index (κ3) is 3.82. The predicted octanol–water partition coefficient (Wildman–Crippen LogP) is 2.18. The zero-order valence-electron chi connectivity index (χ0n) is 13.2. The number of hydrogen-bond acceptors (Lipinski definition) is 3. The fraction of sp³-hybridized carbons (Fsp3) is 0.389. The molecule has 126 valence electrons. The summed E-state index contributed by atoms with van der Waals surface area (Å²) < 4.78 is 0. The summed E-state index contributed by atoms with van der Waals surface area (Å²) in [5, 5.41) is 14.9. The highest BCUT2D eigenvalue weighted by Crippen LogP contribution is 2.27. The lowest BCUT2D eigenvalue weighted by molar-refractivity contribution is -0.146. The maximum atomic E-state index is 12.4. The Balaban J connectivity index is 1.68. The molecule has 1 aromatic rings. The van der Waals surface area contributed by atoms with Gasteiger partial charge in [-0.1, -0.05) is 18.2 Å². The van der Waals surface area contributed by atoms with Crippen LogP contribution in [0.5, 0.6) is 0 Å². The lowest BCUT2D eigenvalue weighted by Crippen LogP contribution is -2.34. The molecule has 6 heteroatoms. The smallest absolute Gasteiger partial charge is 0.307 e. The number of nitrogens with one attached hydrogen (secondary N) is 2. The number of carboxylic acids is 1. The molecule has 0 aromatic heterocycles. The topological polar surface area (TPSA) is 95.5 Å². The second kappa shape index (κ2) is 6.86. The predicted molar refractivity (Wildman–Crippen MR) is 88.5 cm³/mol. The summed E-state index contributed by atoms with van der Waals surface area (Å²) in [6.45, 7) is 0. The lowest BCUT2D eigenvalue weighted by Gasteiger charge is -2.24. The van der Waals surface area contributed by atoms with Crippen LogP contribution < -0.4 is 10.6 Å². The van der Waals surface area contributed by atoms with Gasteiger partial charge in [-0.25, -0.2) is 0 Å². The Kier molecular flexibility index (Phi) is 4.64. The highest BCUT2D eigenvalue weighted by molar-refractivity contribution is 5.98. The van der Waals surface area contributed by atoms with Gasteiger partial charge in [-0.05, 0) is 43.9 Å². The molecule has 0 spiro atoms. The normalized spacial score (nSPS) is 22.7. The van der Waals surface area contributed by atoms with Crippen LogP contribution in [0.2, 0.25) is 0 Å². The SMILES string of the molecule is O=C(NC1CC1)c1cccc(NC(=O)[C@@H]2CC=CC[C@H]2C(=O)O)c1. The van der Waals surface area contributed by atoms with E-state index >= 15 is 0 Å². The summed E-state index contributed by atoms with van der Waals surface area (Å²) >= 11 is 0. The third-order valence-electron chi connectivity index (χ3n) is 4.39. The quantitative estimate of drug-likeness (QED) is 0.722. The molecule has 0 radical (unpaired) electrons. The second-order valence-electron chi connectivity index (χ2n) is 6.31. The van der Waals surface area contributed by atoms with E-state index in [1.165, 1.54) is 0 Å². The number of amides is 2. The number of anilines is 1. The van der Waals surface area contributed by atoms with E-state index in [2.05, 4.69) is 10.6 Å². The third-order valence-corrected chi connectivity index (χ3v) is 4.39. The molecule has 0 aliphatic heterocycles. The fourth-order valence-corrected chi connectivity index (χ4v) is 2.85. The minimum absolute atomic E-state index is 0.155. The van der Waals surface area contributed by atoms with Crippen LogP contribution in [0.4, 0.5) is 5.69 Å². The molecule has 1 saturated carbocycles. The standard InChI is InChI=1S/C18H20N2O4/c21-16(19-12-8-9-12)11-4-3-5-13(10-11)20-17(22)14-6-1-2-7-15(14)18(23)24/h1-5,10,12,14-15H,6-9H2,(H,19,21)(H,20,22)(H,23,24)/t14-,15-/m1/s1. The van der Waals surface area contributed by atoms with Crippen molar-refractivity contribution in [3.8, 4) is 0 Å². The van der Waals surface area contributed by atoms with Crippen molar-refractivity contribution >= 4 is 23.5 Å². The van der Waals surface area contributed by atoms with E-state index in [1.54, 1.807) is 30.3 Å². The molecule has 0 heterocycles. The van der Waals surface area contributed by atoms with Crippen LogP contribution in [0.3, 0.4) is 0 Å². The van der Waals surface area contributed by atoms with Crippen LogP contribution in [0, 0.1) is 11.8 Å². The van der Waals surface area contributed by atoms with Crippen molar-refractivity contribution in [1.82, 2.24) is 5.32 Å². The number of carbonyl (C=O) groups excluding carboxylic acids is 2. The van der Waals surface area contributed by atoms with Crippen LogP contribution in [0.25, 0.3) is 0 Å². The van der Waals surface area contributed by atoms with Gasteiger partial charge in [-0.15, -0.1) is 0 Å². The Morgan fingerprint density at radius 2 is 1.75 bits per heavy atom. The van der Waals surface area contributed by atoms with Gasteiger partial charge in [0.1, 0.15) is 0 Å². The van der Waals surface area contributed by atoms with Crippen molar-refractivity contribution in [2.45, 2.75) is 31.7 Å². The molecule has 3 N–H and O–H groups in total. The van der Waals surface area contributed by atoms with Crippen LogP contribution in [0.15, 0.2) is 36.4 Å². The number of benzene rings is 1. The first-order valence-corrected chi connectivity index (χ1v) is 8.14. The van der Waals surface area contributed by atoms with Gasteiger partial charge in [-0.2, -0.15) is 0 Å². The van der Waals surface area contributed by atoms with Gasteiger partial charge in [0.15, 0.2) is 0 Å². The van der Waals surface area contributed by atoms with E-state index in [-0.39, 0.29) is 17.9 Å².